The van der Waals surface area contributed by atoms with Gasteiger partial charge in [0.2, 0.25) is 7.28 Å². The van der Waals surface area contributed by atoms with Crippen molar-refractivity contribution >= 4 is 50.3 Å². The van der Waals surface area contributed by atoms with Crippen LogP contribution in [-0.2, 0) is 0 Å². The third-order valence-electron chi connectivity index (χ3n) is 4.81. The Morgan fingerprint density at radius 1 is 0.897 bits per heavy atom. The lowest BCUT2D eigenvalue weighted by molar-refractivity contribution is 0.525. The second kappa shape index (κ2) is 8.45. The summed E-state index contributed by atoms with van der Waals surface area (Å²) in [6.45, 7) is 12.7. The van der Waals surface area contributed by atoms with Gasteiger partial charge in [-0.2, -0.15) is 0 Å². The van der Waals surface area contributed by atoms with Gasteiger partial charge in [-0.05, 0) is 90.3 Å². The second-order valence-corrected chi connectivity index (χ2v) is 13.3. The Balaban J connectivity index is 2.31. The molecule has 0 saturated heterocycles. The normalized spacial score (nSPS) is 13.8. The highest BCUT2D eigenvalue weighted by Crippen LogP contribution is 2.62. The van der Waals surface area contributed by atoms with Crippen LogP contribution in [0.4, 0.5) is 5.69 Å². The molecule has 6 heteroatoms. The average molecular weight is 539 g/mol. The van der Waals surface area contributed by atoms with Gasteiger partial charge < -0.3 is 8.94 Å². The minimum Gasteiger partial charge on any atom is -0.457 e. The first-order chi connectivity index (χ1) is 13.5. The van der Waals surface area contributed by atoms with Crippen LogP contribution < -0.4 is 10.0 Å². The van der Waals surface area contributed by atoms with Crippen LogP contribution in [0.25, 0.3) is 0 Å². The zero-order chi connectivity index (χ0) is 21.4. The predicted octanol–water partition coefficient (Wildman–Crippen LogP) is 8.68. The van der Waals surface area contributed by atoms with Crippen molar-refractivity contribution in [2.24, 2.45) is 4.74 Å². The number of halogens is 2. The van der Waals surface area contributed by atoms with Gasteiger partial charge in [-0.3, -0.25) is 0 Å². The van der Waals surface area contributed by atoms with Gasteiger partial charge in [0.1, 0.15) is 11.5 Å². The number of hydrogen-bond donors (Lipinski definition) is 0. The summed E-state index contributed by atoms with van der Waals surface area (Å²) in [5.41, 5.74) is 4.14. The van der Waals surface area contributed by atoms with Crippen LogP contribution in [0.15, 0.2) is 66.6 Å². The number of benzene rings is 2. The summed E-state index contributed by atoms with van der Waals surface area (Å²) in [6, 6.07) is 16.2. The van der Waals surface area contributed by atoms with E-state index in [1.165, 1.54) is 11.1 Å². The van der Waals surface area contributed by atoms with E-state index in [1.807, 2.05) is 37.3 Å². The summed E-state index contributed by atoms with van der Waals surface area (Å²) in [7, 11) is -2.62. The zero-order valence-corrected chi connectivity index (χ0v) is 21.7. The summed E-state index contributed by atoms with van der Waals surface area (Å²) in [5.74, 6) is 1.60. The van der Waals surface area contributed by atoms with Crippen molar-refractivity contribution in [2.75, 3.05) is 0 Å². The molecule has 0 saturated carbocycles. The van der Waals surface area contributed by atoms with Crippen molar-refractivity contribution < 1.29 is 8.94 Å². The molecule has 0 N–H and O–H groups in total. The average Bonchev–Trinajstić information content (AvgIpc) is 3.05. The summed E-state index contributed by atoms with van der Waals surface area (Å²) >= 11 is 7.16. The molecule has 154 valence electrons. The highest BCUT2D eigenvalue weighted by Gasteiger charge is 2.42. The Kier molecular flexibility index (Phi) is 6.53. The van der Waals surface area contributed by atoms with Crippen molar-refractivity contribution in [3.63, 3.8) is 0 Å². The number of nitrogens with zero attached hydrogens (tertiary/aromatic N) is 1. The van der Waals surface area contributed by atoms with Gasteiger partial charge >= 0.3 is 0 Å². The smallest absolute Gasteiger partial charge is 0.207 e. The van der Waals surface area contributed by atoms with E-state index in [0.717, 1.165) is 31.6 Å². The fraction of sp³-hybridized carbons (Fsp3) is 0.304. The Labute approximate surface area is 190 Å². The summed E-state index contributed by atoms with van der Waals surface area (Å²) in [6.07, 6.45) is 0. The number of furan rings is 1. The van der Waals surface area contributed by atoms with Gasteiger partial charge in [0.05, 0.1) is 10.2 Å². The molecular weight excluding hydrogens is 513 g/mol. The third-order valence-corrected chi connectivity index (χ3v) is 9.55. The Bertz CT molecular complexity index is 1100. The fourth-order valence-electron chi connectivity index (χ4n) is 2.96. The minimum absolute atomic E-state index is 0.289. The van der Waals surface area contributed by atoms with Crippen molar-refractivity contribution in [1.82, 2.24) is 0 Å². The van der Waals surface area contributed by atoms with Crippen molar-refractivity contribution in [1.29, 1.82) is 0 Å². The van der Waals surface area contributed by atoms with Crippen LogP contribution >= 0.6 is 39.1 Å². The first kappa shape index (κ1) is 22.4. The molecule has 0 aliphatic rings. The molecule has 0 aliphatic heterocycles. The van der Waals surface area contributed by atoms with Crippen LogP contribution in [-0.4, -0.2) is 5.16 Å². The molecule has 29 heavy (non-hydrogen) atoms. The molecule has 3 nitrogen and oxygen atoms in total. The lowest BCUT2D eigenvalue weighted by Crippen LogP contribution is -2.26. The van der Waals surface area contributed by atoms with Crippen LogP contribution in [0, 0.1) is 20.8 Å². The van der Waals surface area contributed by atoms with Gasteiger partial charge in [0, 0.05) is 9.63 Å². The van der Waals surface area contributed by atoms with Crippen LogP contribution in [0.2, 0.25) is 0 Å². The van der Waals surface area contributed by atoms with Crippen molar-refractivity contribution in [3.8, 4) is 5.75 Å². The Morgan fingerprint density at radius 3 is 2.17 bits per heavy atom. The molecule has 1 heterocycles. The minimum atomic E-state index is -2.62. The van der Waals surface area contributed by atoms with Gasteiger partial charge in [-0.25, -0.2) is 4.74 Å². The monoisotopic (exact) mass is 537 g/mol. The summed E-state index contributed by atoms with van der Waals surface area (Å²) in [4.78, 5) is 0. The molecule has 1 unspecified atom stereocenters. The number of hydrogen-bond acceptors (Lipinski definition) is 3. The quantitative estimate of drug-likeness (QED) is 0.311. The SMILES string of the molecule is Cc1ccc(P(=Nc2ccc(C)c(C)c2)(Oc2ccc(Br)cc2Br)C(C)(C)C)o1. The lowest BCUT2D eigenvalue weighted by atomic mass is 10.1. The molecular formula is C23H26Br2NO2P. The predicted molar refractivity (Wildman–Crippen MR) is 130 cm³/mol. The molecule has 3 aromatic rings. The van der Waals surface area contributed by atoms with Gasteiger partial charge in [0.15, 0.2) is 5.50 Å². The first-order valence-electron chi connectivity index (χ1n) is 9.43. The summed E-state index contributed by atoms with van der Waals surface area (Å²) in [5, 5.41) is -0.289. The molecule has 0 bridgehead atoms. The number of rotatable bonds is 4. The van der Waals surface area contributed by atoms with Crippen LogP contribution in [0.1, 0.15) is 37.7 Å². The summed E-state index contributed by atoms with van der Waals surface area (Å²) < 4.78 is 20.1. The molecule has 1 aromatic heterocycles. The van der Waals surface area contributed by atoms with E-state index in [0.29, 0.717) is 0 Å². The van der Waals surface area contributed by atoms with Gasteiger partial charge in [-0.15, -0.1) is 0 Å². The largest absolute Gasteiger partial charge is 0.457 e. The molecule has 0 aliphatic carbocycles. The topological polar surface area (TPSA) is 34.7 Å². The van der Waals surface area contributed by atoms with Crippen LogP contribution in [0.3, 0.4) is 0 Å². The standard InChI is InChI=1S/C23H26Br2NO2P/c1-15-7-10-19(13-16(15)2)26-29(23(4,5)6,22-12-8-17(3)27-22)28-21-11-9-18(24)14-20(21)25/h7-14H,1-6H3. The molecule has 0 amide bonds. The molecule has 0 spiro atoms. The van der Waals surface area contributed by atoms with Crippen molar-refractivity contribution in [3.05, 3.63) is 74.4 Å². The fourth-order valence-corrected chi connectivity index (χ4v) is 7.11. The number of aryl methyl sites for hydroxylation is 3. The lowest BCUT2D eigenvalue weighted by Gasteiger charge is -2.35. The van der Waals surface area contributed by atoms with E-state index in [4.69, 9.17) is 13.7 Å². The van der Waals surface area contributed by atoms with Gasteiger partial charge in [0.25, 0.3) is 0 Å². The second-order valence-electron chi connectivity index (χ2n) is 8.17. The molecule has 0 fully saturated rings. The maximum atomic E-state index is 6.81. The highest BCUT2D eigenvalue weighted by atomic mass is 79.9. The molecule has 3 rings (SSSR count). The maximum absolute atomic E-state index is 6.81. The highest BCUT2D eigenvalue weighted by molar-refractivity contribution is 9.11. The van der Waals surface area contributed by atoms with E-state index < -0.39 is 7.28 Å². The third kappa shape index (κ3) is 4.73. The van der Waals surface area contributed by atoms with E-state index in [-0.39, 0.29) is 5.16 Å². The van der Waals surface area contributed by atoms with Crippen molar-refractivity contribution in [2.45, 2.75) is 46.7 Å². The Hall–Kier alpha value is -1.29. The van der Waals surface area contributed by atoms with Crippen LogP contribution in [0.5, 0.6) is 5.75 Å². The molecule has 1 atom stereocenters. The van der Waals surface area contributed by atoms with E-state index in [9.17, 15) is 0 Å². The molecule has 0 radical (unpaired) electrons. The van der Waals surface area contributed by atoms with Gasteiger partial charge in [-0.1, -0.05) is 42.8 Å². The molecule has 2 aromatic carbocycles. The Morgan fingerprint density at radius 2 is 1.62 bits per heavy atom. The van der Waals surface area contributed by atoms with E-state index in [2.05, 4.69) is 84.7 Å². The zero-order valence-electron chi connectivity index (χ0n) is 17.6. The maximum Gasteiger partial charge on any atom is 0.207 e. The van der Waals surface area contributed by atoms with E-state index in [1.54, 1.807) is 0 Å². The van der Waals surface area contributed by atoms with E-state index >= 15 is 0 Å². The first-order valence-corrected chi connectivity index (χ1v) is 12.7.